The van der Waals surface area contributed by atoms with Crippen LogP contribution in [0.4, 0.5) is 0 Å². The molecule has 7 aromatic heterocycles. The van der Waals surface area contributed by atoms with Crippen LogP contribution in [0.15, 0.2) is 87.9 Å². The first-order valence-electron chi connectivity index (χ1n) is 15.0. The average Bonchev–Trinajstić information content (AvgIpc) is 3.99. The Morgan fingerprint density at radius 1 is 0.365 bits per heavy atom. The zero-order valence-electron chi connectivity index (χ0n) is 25.5. The molecule has 0 radical (unpaired) electrons. The largest absolute Gasteiger partial charge is 0.352 e. The van der Waals surface area contributed by atoms with Gasteiger partial charge in [0.1, 0.15) is 0 Å². The summed E-state index contributed by atoms with van der Waals surface area (Å²) in [6, 6.07) is 16.8. The second-order valence-electron chi connectivity index (χ2n) is 11.3. The quantitative estimate of drug-likeness (QED) is 0.185. The number of rotatable bonds is 4. The van der Waals surface area contributed by atoms with Gasteiger partial charge in [0.15, 0.2) is 0 Å². The molecule has 0 aromatic carbocycles. The predicted octanol–water partition coefficient (Wildman–Crippen LogP) is 17.5. The van der Waals surface area contributed by atoms with Crippen molar-refractivity contribution in [1.29, 1.82) is 0 Å². The third-order valence-corrected chi connectivity index (χ3v) is 20.4. The van der Waals surface area contributed by atoms with E-state index >= 15 is 0 Å². The molecule has 0 amide bonds. The number of hydrogen-bond donors (Lipinski definition) is 2. The van der Waals surface area contributed by atoms with E-state index in [0.29, 0.717) is 0 Å². The number of aromatic amines is 2. The zero-order chi connectivity index (χ0) is 36.0. The average molecular weight is 1270 g/mol. The molecule has 8 bridgehead atoms. The standard InChI is InChI=1S/C36H14Br8N4S4/c37-21-23(39)31-18(14-6-2-10-50-14)33-25(41)27(43)35(47-33)20(16-8-4-12-52-16)36-28(44)26(42)34(48-36)19(15-7-3-11-51-15)32-24(40)22(38)30(46-32)17(29(21)45-31)13-5-1-9-49-13/h1-12,45,48H. The number of aromatic nitrogens is 4. The highest BCUT2D eigenvalue weighted by Gasteiger charge is 2.31. The maximum Gasteiger partial charge on any atom is 0.0899 e. The van der Waals surface area contributed by atoms with Crippen LogP contribution in [0.5, 0.6) is 0 Å². The maximum absolute atomic E-state index is 5.50. The van der Waals surface area contributed by atoms with Crippen LogP contribution in [0.25, 0.3) is 81.8 Å². The second-order valence-corrected chi connectivity index (χ2v) is 21.4. The Labute approximate surface area is 380 Å². The van der Waals surface area contributed by atoms with Crippen molar-refractivity contribution in [3.8, 4) is 41.8 Å². The van der Waals surface area contributed by atoms with Gasteiger partial charge in [0.25, 0.3) is 0 Å². The number of halogens is 8. The molecule has 0 fully saturated rings. The summed E-state index contributed by atoms with van der Waals surface area (Å²) in [4.78, 5) is 23.0. The minimum atomic E-state index is 0.801. The Hall–Kier alpha value is -0.760. The molecular weight excluding hydrogens is 1260 g/mol. The highest BCUT2D eigenvalue weighted by atomic mass is 79.9. The van der Waals surface area contributed by atoms with Gasteiger partial charge in [-0.25, -0.2) is 9.97 Å². The molecule has 2 aliphatic rings. The molecule has 2 N–H and O–H groups in total. The highest BCUT2D eigenvalue weighted by Crippen LogP contribution is 2.54. The highest BCUT2D eigenvalue weighted by molar-refractivity contribution is 9.18. The van der Waals surface area contributed by atoms with Crippen molar-refractivity contribution >= 4 is 213 Å². The summed E-state index contributed by atoms with van der Waals surface area (Å²) >= 11 is 38.7. The van der Waals surface area contributed by atoms with Gasteiger partial charge in [-0.3, -0.25) is 0 Å². The van der Waals surface area contributed by atoms with Gasteiger partial charge in [-0.15, -0.1) is 45.3 Å². The van der Waals surface area contributed by atoms with Gasteiger partial charge in [-0.1, -0.05) is 24.3 Å². The SMILES string of the molecule is BrC1=C(Br)c2nc1c(-c1cccs1)c1[nH]c(c(Br)c1Br)c(-c1cccs1)c1nc(c(-c3cccs3)c3[nH]c(c(Br)c3Br)c2-c2cccs2)C(Br)=C1Br. The Morgan fingerprint density at radius 2 is 0.596 bits per heavy atom. The molecule has 0 unspecified atom stereocenters. The van der Waals surface area contributed by atoms with Crippen LogP contribution in [0.2, 0.25) is 0 Å². The van der Waals surface area contributed by atoms with Crippen molar-refractivity contribution in [2.45, 2.75) is 0 Å². The van der Waals surface area contributed by atoms with Crippen molar-refractivity contribution in [2.75, 3.05) is 0 Å². The van der Waals surface area contributed by atoms with E-state index < -0.39 is 0 Å². The van der Waals surface area contributed by atoms with Crippen LogP contribution in [-0.4, -0.2) is 19.9 Å². The lowest BCUT2D eigenvalue weighted by Gasteiger charge is -2.05. The summed E-state index contributed by atoms with van der Waals surface area (Å²) in [5.41, 5.74) is 10.6. The van der Waals surface area contributed by atoms with Gasteiger partial charge < -0.3 is 9.97 Å². The number of hydrogen-bond acceptors (Lipinski definition) is 6. The first-order chi connectivity index (χ1) is 25.2. The number of fused-ring (bicyclic) bond motifs is 8. The second kappa shape index (κ2) is 14.6. The molecule has 52 heavy (non-hydrogen) atoms. The molecule has 9 rings (SSSR count). The maximum atomic E-state index is 5.50. The van der Waals surface area contributed by atoms with Crippen molar-refractivity contribution in [2.24, 2.45) is 0 Å². The van der Waals surface area contributed by atoms with Crippen molar-refractivity contribution in [3.05, 3.63) is 111 Å². The molecule has 0 saturated heterocycles. The summed E-state index contributed by atoms with van der Waals surface area (Å²) in [6.45, 7) is 0. The minimum absolute atomic E-state index is 0.801. The number of nitrogens with one attached hydrogen (secondary N) is 2. The van der Waals surface area contributed by atoms with E-state index in [2.05, 4.69) is 207 Å². The Kier molecular flexibility index (Phi) is 10.4. The lowest BCUT2D eigenvalue weighted by molar-refractivity contribution is 1.31. The van der Waals surface area contributed by atoms with E-state index in [9.17, 15) is 0 Å². The smallest absolute Gasteiger partial charge is 0.0899 e. The van der Waals surface area contributed by atoms with E-state index in [1.54, 1.807) is 45.3 Å². The summed E-state index contributed by atoms with van der Waals surface area (Å²) in [7, 11) is 0. The Bertz CT molecular complexity index is 2440. The van der Waals surface area contributed by atoms with Crippen molar-refractivity contribution in [1.82, 2.24) is 19.9 Å². The normalized spacial score (nSPS) is 13.2. The minimum Gasteiger partial charge on any atom is -0.352 e. The molecule has 16 heteroatoms. The molecule has 2 aliphatic heterocycles. The molecular formula is C36H14Br8N4S4. The lowest BCUT2D eigenvalue weighted by Crippen LogP contribution is -1.89. The van der Waals surface area contributed by atoms with E-state index in [-0.39, 0.29) is 0 Å². The van der Waals surface area contributed by atoms with Crippen LogP contribution < -0.4 is 0 Å². The van der Waals surface area contributed by atoms with Crippen molar-refractivity contribution < 1.29 is 0 Å². The van der Waals surface area contributed by atoms with Crippen LogP contribution >= 0.6 is 173 Å². The number of H-pyrrole nitrogens is 2. The Morgan fingerprint density at radius 3 is 0.788 bits per heavy atom. The molecule has 4 nitrogen and oxygen atoms in total. The first kappa shape index (κ1) is 36.9. The summed E-state index contributed by atoms with van der Waals surface area (Å²) in [5.74, 6) is 0. The number of nitrogens with zero attached hydrogens (tertiary/aromatic N) is 2. The first-order valence-corrected chi connectivity index (χ1v) is 24.8. The predicted molar refractivity (Wildman–Crippen MR) is 254 cm³/mol. The summed E-state index contributed by atoms with van der Waals surface area (Å²) in [5, 5.41) is 8.37. The topological polar surface area (TPSA) is 57.4 Å². The summed E-state index contributed by atoms with van der Waals surface area (Å²) in [6.07, 6.45) is 0. The molecule has 0 aliphatic carbocycles. The van der Waals surface area contributed by atoms with Gasteiger partial charge in [-0.2, -0.15) is 0 Å². The fourth-order valence-corrected chi connectivity index (χ4v) is 13.2. The Balaban J connectivity index is 1.62. The van der Waals surface area contributed by atoms with E-state index in [4.69, 9.17) is 9.97 Å². The van der Waals surface area contributed by atoms with E-state index in [0.717, 1.165) is 122 Å². The van der Waals surface area contributed by atoms with Gasteiger partial charge in [0.05, 0.1) is 80.7 Å². The lowest BCUT2D eigenvalue weighted by atomic mass is 10.1. The van der Waals surface area contributed by atoms with Crippen molar-refractivity contribution in [3.63, 3.8) is 0 Å². The summed E-state index contributed by atoms with van der Waals surface area (Å²) < 4.78 is 6.94. The monoisotopic (exact) mass is 1260 g/mol. The van der Waals surface area contributed by atoms with Crippen LogP contribution in [0, 0.1) is 0 Å². The van der Waals surface area contributed by atoms with E-state index in [1.807, 2.05) is 0 Å². The van der Waals surface area contributed by atoms with Crippen LogP contribution in [0.3, 0.4) is 0 Å². The van der Waals surface area contributed by atoms with Crippen LogP contribution in [0.1, 0.15) is 22.8 Å². The fraction of sp³-hybridized carbons (Fsp3) is 0. The molecule has 0 atom stereocenters. The third-order valence-electron chi connectivity index (χ3n) is 8.45. The molecule has 7 aromatic rings. The third kappa shape index (κ3) is 5.91. The fourth-order valence-electron chi connectivity index (χ4n) is 6.21. The molecule has 9 heterocycles. The molecule has 0 saturated carbocycles. The van der Waals surface area contributed by atoms with Crippen LogP contribution in [-0.2, 0) is 0 Å². The van der Waals surface area contributed by atoms with Gasteiger partial charge >= 0.3 is 0 Å². The molecule has 258 valence electrons. The van der Waals surface area contributed by atoms with Gasteiger partial charge in [0.2, 0.25) is 0 Å². The van der Waals surface area contributed by atoms with Gasteiger partial charge in [-0.05, 0) is 173 Å². The van der Waals surface area contributed by atoms with Gasteiger partial charge in [0, 0.05) is 41.8 Å². The van der Waals surface area contributed by atoms with E-state index in [1.165, 1.54) is 0 Å². The molecule has 0 spiro atoms. The zero-order valence-corrected chi connectivity index (χ0v) is 41.4. The number of thiophene rings is 4.